The Morgan fingerprint density at radius 3 is 2.54 bits per heavy atom. The topological polar surface area (TPSA) is 108 Å². The number of rotatable bonds is 6. The van der Waals surface area contributed by atoms with Gasteiger partial charge in [-0.3, -0.25) is 19.6 Å². The first-order chi connectivity index (χ1) is 12.2. The van der Waals surface area contributed by atoms with Crippen LogP contribution in [-0.4, -0.2) is 39.9 Å². The Kier molecular flexibility index (Phi) is 5.97. The van der Waals surface area contributed by atoms with Gasteiger partial charge in [-0.2, -0.15) is 0 Å². The van der Waals surface area contributed by atoms with Gasteiger partial charge in [0.25, 0.3) is 5.56 Å². The SMILES string of the molecule is COc1c(C)cnc(CN(C)C(=O)CCc2c(C)[nH]c(=O)[nH]c2=O)c1C. The molecule has 2 rings (SSSR count). The number of hydrogen-bond donors (Lipinski definition) is 2. The number of ether oxygens (including phenoxy) is 1. The van der Waals surface area contributed by atoms with Gasteiger partial charge in [0.05, 0.1) is 19.3 Å². The van der Waals surface area contributed by atoms with E-state index in [1.807, 2.05) is 13.8 Å². The average molecular weight is 360 g/mol. The van der Waals surface area contributed by atoms with E-state index in [1.54, 1.807) is 32.2 Å². The van der Waals surface area contributed by atoms with Crippen molar-refractivity contribution in [2.75, 3.05) is 14.2 Å². The molecular weight excluding hydrogens is 336 g/mol. The predicted octanol–water partition coefficient (Wildman–Crippen LogP) is 0.983. The monoisotopic (exact) mass is 360 g/mol. The van der Waals surface area contributed by atoms with Crippen molar-refractivity contribution in [2.45, 2.75) is 40.2 Å². The highest BCUT2D eigenvalue weighted by Crippen LogP contribution is 2.24. The number of pyridine rings is 1. The van der Waals surface area contributed by atoms with Crippen LogP contribution in [0.5, 0.6) is 5.75 Å². The van der Waals surface area contributed by atoms with Gasteiger partial charge >= 0.3 is 5.69 Å². The van der Waals surface area contributed by atoms with Crippen molar-refractivity contribution in [3.63, 3.8) is 0 Å². The maximum absolute atomic E-state index is 12.4. The third kappa shape index (κ3) is 4.19. The molecule has 0 aromatic carbocycles. The molecule has 0 spiro atoms. The molecule has 0 aliphatic heterocycles. The quantitative estimate of drug-likeness (QED) is 0.798. The third-order valence-electron chi connectivity index (χ3n) is 4.41. The molecule has 2 heterocycles. The standard InChI is InChI=1S/C18H24N4O4/c1-10-8-19-14(11(2)16(10)26-5)9-22(4)15(23)7-6-13-12(3)20-18(25)21-17(13)24/h8H,6-7,9H2,1-5H3,(H2,20,21,24,25). The zero-order valence-electron chi connectivity index (χ0n) is 15.7. The van der Waals surface area contributed by atoms with E-state index >= 15 is 0 Å². The van der Waals surface area contributed by atoms with Crippen molar-refractivity contribution in [2.24, 2.45) is 0 Å². The van der Waals surface area contributed by atoms with Gasteiger partial charge in [-0.25, -0.2) is 4.79 Å². The van der Waals surface area contributed by atoms with E-state index in [-0.39, 0.29) is 18.7 Å². The Morgan fingerprint density at radius 2 is 1.92 bits per heavy atom. The summed E-state index contributed by atoms with van der Waals surface area (Å²) in [6, 6.07) is 0. The van der Waals surface area contributed by atoms with Crippen LogP contribution >= 0.6 is 0 Å². The van der Waals surface area contributed by atoms with Gasteiger partial charge in [0.15, 0.2) is 0 Å². The summed E-state index contributed by atoms with van der Waals surface area (Å²) in [5, 5.41) is 0. The molecule has 0 aliphatic carbocycles. The summed E-state index contributed by atoms with van der Waals surface area (Å²) in [6.45, 7) is 5.82. The minimum Gasteiger partial charge on any atom is -0.496 e. The molecule has 0 saturated carbocycles. The second kappa shape index (κ2) is 7.99. The number of nitrogens with zero attached hydrogens (tertiary/aromatic N) is 2. The molecule has 0 unspecified atom stereocenters. The van der Waals surface area contributed by atoms with Crippen LogP contribution in [0.25, 0.3) is 0 Å². The molecule has 8 nitrogen and oxygen atoms in total. The van der Waals surface area contributed by atoms with Gasteiger partial charge in [0.2, 0.25) is 5.91 Å². The Hall–Kier alpha value is -2.90. The molecule has 0 aliphatic rings. The molecule has 2 aromatic rings. The minimum atomic E-state index is -0.547. The fourth-order valence-electron chi connectivity index (χ4n) is 2.89. The predicted molar refractivity (Wildman–Crippen MR) is 97.5 cm³/mol. The van der Waals surface area contributed by atoms with Gasteiger partial charge in [0.1, 0.15) is 5.75 Å². The Labute approximate surface area is 151 Å². The van der Waals surface area contributed by atoms with Crippen molar-refractivity contribution in [3.8, 4) is 5.75 Å². The largest absolute Gasteiger partial charge is 0.496 e. The van der Waals surface area contributed by atoms with Crippen molar-refractivity contribution in [1.82, 2.24) is 19.9 Å². The average Bonchev–Trinajstić information content (AvgIpc) is 2.56. The Morgan fingerprint density at radius 1 is 1.23 bits per heavy atom. The lowest BCUT2D eigenvalue weighted by atomic mass is 10.1. The van der Waals surface area contributed by atoms with Gasteiger partial charge in [-0.1, -0.05) is 0 Å². The fraction of sp³-hybridized carbons (Fsp3) is 0.444. The lowest BCUT2D eigenvalue weighted by Crippen LogP contribution is -2.30. The normalized spacial score (nSPS) is 10.7. The van der Waals surface area contributed by atoms with Crippen LogP contribution in [0.3, 0.4) is 0 Å². The molecule has 26 heavy (non-hydrogen) atoms. The van der Waals surface area contributed by atoms with Crippen LogP contribution in [0, 0.1) is 20.8 Å². The van der Waals surface area contributed by atoms with Crippen LogP contribution in [0.15, 0.2) is 15.8 Å². The third-order valence-corrected chi connectivity index (χ3v) is 4.41. The first-order valence-electron chi connectivity index (χ1n) is 8.29. The van der Waals surface area contributed by atoms with E-state index in [0.717, 1.165) is 22.6 Å². The smallest absolute Gasteiger partial charge is 0.325 e. The molecule has 0 atom stereocenters. The number of carbonyl (C=O) groups excluding carboxylic acids is 1. The number of carbonyl (C=O) groups is 1. The molecule has 140 valence electrons. The molecule has 0 fully saturated rings. The first-order valence-corrected chi connectivity index (χ1v) is 8.29. The number of aryl methyl sites for hydroxylation is 2. The number of H-pyrrole nitrogens is 2. The van der Waals surface area contributed by atoms with E-state index in [4.69, 9.17) is 4.74 Å². The summed E-state index contributed by atoms with van der Waals surface area (Å²) in [5.41, 5.74) is 2.50. The highest BCUT2D eigenvalue weighted by Gasteiger charge is 2.16. The first kappa shape index (κ1) is 19.4. The number of nitrogens with one attached hydrogen (secondary N) is 2. The molecule has 0 radical (unpaired) electrons. The lowest BCUT2D eigenvalue weighted by Gasteiger charge is -2.19. The summed E-state index contributed by atoms with van der Waals surface area (Å²) in [5.74, 6) is 0.655. The second-order valence-corrected chi connectivity index (χ2v) is 6.31. The number of amides is 1. The summed E-state index contributed by atoms with van der Waals surface area (Å²) in [6.07, 6.45) is 2.14. The minimum absolute atomic E-state index is 0.115. The number of aromatic amines is 2. The van der Waals surface area contributed by atoms with Crippen molar-refractivity contribution in [1.29, 1.82) is 0 Å². The summed E-state index contributed by atoms with van der Waals surface area (Å²) in [7, 11) is 3.30. The Balaban J connectivity index is 2.07. The molecule has 2 N–H and O–H groups in total. The Bertz CT molecular complexity index is 930. The zero-order chi connectivity index (χ0) is 19.4. The molecule has 1 amide bonds. The highest BCUT2D eigenvalue weighted by atomic mass is 16.5. The molecule has 0 saturated heterocycles. The van der Waals surface area contributed by atoms with Crippen molar-refractivity contribution in [3.05, 3.63) is 55.1 Å². The summed E-state index contributed by atoms with van der Waals surface area (Å²) < 4.78 is 5.39. The fourth-order valence-corrected chi connectivity index (χ4v) is 2.89. The number of aromatic nitrogens is 3. The maximum Gasteiger partial charge on any atom is 0.325 e. The van der Waals surface area contributed by atoms with Gasteiger partial charge in [0, 0.05) is 42.0 Å². The zero-order valence-corrected chi connectivity index (χ0v) is 15.7. The van der Waals surface area contributed by atoms with Crippen LogP contribution in [0.4, 0.5) is 0 Å². The van der Waals surface area contributed by atoms with E-state index in [9.17, 15) is 14.4 Å². The van der Waals surface area contributed by atoms with E-state index in [2.05, 4.69) is 15.0 Å². The highest BCUT2D eigenvalue weighted by molar-refractivity contribution is 5.76. The molecular formula is C18H24N4O4. The van der Waals surface area contributed by atoms with Crippen LogP contribution in [0.1, 0.15) is 34.5 Å². The van der Waals surface area contributed by atoms with Crippen LogP contribution in [-0.2, 0) is 17.8 Å². The van der Waals surface area contributed by atoms with Crippen molar-refractivity contribution < 1.29 is 9.53 Å². The molecule has 0 bridgehead atoms. The second-order valence-electron chi connectivity index (χ2n) is 6.31. The number of methoxy groups -OCH3 is 1. The van der Waals surface area contributed by atoms with Gasteiger partial charge in [-0.05, 0) is 27.2 Å². The van der Waals surface area contributed by atoms with Crippen molar-refractivity contribution >= 4 is 5.91 Å². The van der Waals surface area contributed by atoms with Crippen LogP contribution in [0.2, 0.25) is 0 Å². The van der Waals surface area contributed by atoms with E-state index in [1.165, 1.54) is 0 Å². The molecule has 2 aromatic heterocycles. The van der Waals surface area contributed by atoms with Gasteiger partial charge < -0.3 is 14.6 Å². The number of hydrogen-bond acceptors (Lipinski definition) is 5. The lowest BCUT2D eigenvalue weighted by molar-refractivity contribution is -0.130. The van der Waals surface area contributed by atoms with E-state index in [0.29, 0.717) is 17.8 Å². The molecule has 8 heteroatoms. The summed E-state index contributed by atoms with van der Waals surface area (Å²) in [4.78, 5) is 46.2. The maximum atomic E-state index is 12.4. The van der Waals surface area contributed by atoms with Gasteiger partial charge in [-0.15, -0.1) is 0 Å². The summed E-state index contributed by atoms with van der Waals surface area (Å²) >= 11 is 0. The van der Waals surface area contributed by atoms with Crippen LogP contribution < -0.4 is 16.0 Å². The van der Waals surface area contributed by atoms with E-state index < -0.39 is 11.2 Å².